The third-order valence-electron chi connectivity index (χ3n) is 2.38. The average molecular weight is 231 g/mol. The molecule has 0 aliphatic rings. The fourth-order valence-electron chi connectivity index (χ4n) is 1.50. The second-order valence-corrected chi connectivity index (χ2v) is 6.29. The lowest BCUT2D eigenvalue weighted by atomic mass is 9.86. The van der Waals surface area contributed by atoms with Crippen LogP contribution < -0.4 is 4.74 Å². The van der Waals surface area contributed by atoms with Gasteiger partial charge < -0.3 is 4.74 Å². The molecular weight excluding hydrogens is 210 g/mol. The van der Waals surface area contributed by atoms with Crippen LogP contribution in [0.3, 0.4) is 0 Å². The molecule has 0 aromatic heterocycles. The minimum absolute atomic E-state index is 0.0475. The van der Waals surface area contributed by atoms with Gasteiger partial charge in [-0.1, -0.05) is 26.8 Å². The summed E-state index contributed by atoms with van der Waals surface area (Å²) in [6.07, 6.45) is 0. The molecule has 0 radical (unpaired) electrons. The normalized spacial score (nSPS) is 12.1. The van der Waals surface area contributed by atoms with Gasteiger partial charge in [-0.15, -0.1) is 0 Å². The number of rotatable bonds is 1. The van der Waals surface area contributed by atoms with Gasteiger partial charge in [-0.05, 0) is 43.9 Å². The molecule has 0 bridgehead atoms. The molecule has 0 aliphatic heterocycles. The molecule has 0 saturated carbocycles. The van der Waals surface area contributed by atoms with Crippen molar-refractivity contribution in [3.8, 4) is 11.8 Å². The van der Waals surface area contributed by atoms with Gasteiger partial charge in [0.05, 0.1) is 5.56 Å². The van der Waals surface area contributed by atoms with Crippen molar-refractivity contribution >= 4 is 0 Å². The number of hydrogen-bond acceptors (Lipinski definition) is 2. The first-order chi connectivity index (χ1) is 7.63. The minimum Gasteiger partial charge on any atom is -0.487 e. The van der Waals surface area contributed by atoms with Crippen LogP contribution in [0, 0.1) is 11.3 Å². The first-order valence-electron chi connectivity index (χ1n) is 5.87. The van der Waals surface area contributed by atoms with E-state index < -0.39 is 0 Å². The van der Waals surface area contributed by atoms with Crippen molar-refractivity contribution < 1.29 is 4.74 Å². The first-order valence-corrected chi connectivity index (χ1v) is 5.87. The molecule has 1 aromatic rings. The van der Waals surface area contributed by atoms with E-state index in [0.717, 1.165) is 5.56 Å². The average Bonchev–Trinajstić information content (AvgIpc) is 2.14. The monoisotopic (exact) mass is 231 g/mol. The summed E-state index contributed by atoms with van der Waals surface area (Å²) in [5.74, 6) is 0.660. The van der Waals surface area contributed by atoms with Crippen LogP contribution in [0.2, 0.25) is 0 Å². The summed E-state index contributed by atoms with van der Waals surface area (Å²) < 4.78 is 5.77. The Bertz CT molecular complexity index is 441. The van der Waals surface area contributed by atoms with Crippen molar-refractivity contribution in [1.29, 1.82) is 5.26 Å². The van der Waals surface area contributed by atoms with Crippen LogP contribution in [0.5, 0.6) is 5.75 Å². The Morgan fingerprint density at radius 2 is 1.65 bits per heavy atom. The SMILES string of the molecule is CC(C)(C)Oc1ccc(C(C)(C)C)cc1C#N. The van der Waals surface area contributed by atoms with Gasteiger partial charge >= 0.3 is 0 Å². The molecule has 92 valence electrons. The summed E-state index contributed by atoms with van der Waals surface area (Å²) >= 11 is 0. The standard InChI is InChI=1S/C15H21NO/c1-14(2,3)12-7-8-13(11(9-12)10-16)17-15(4,5)6/h7-9H,1-6H3. The van der Waals surface area contributed by atoms with Crippen molar-refractivity contribution in [2.24, 2.45) is 0 Å². The topological polar surface area (TPSA) is 33.0 Å². The Morgan fingerprint density at radius 1 is 1.06 bits per heavy atom. The van der Waals surface area contributed by atoms with Crippen LogP contribution >= 0.6 is 0 Å². The van der Waals surface area contributed by atoms with Gasteiger partial charge in [0.25, 0.3) is 0 Å². The zero-order valence-electron chi connectivity index (χ0n) is 11.6. The fraction of sp³-hybridized carbons (Fsp3) is 0.533. The lowest BCUT2D eigenvalue weighted by Crippen LogP contribution is -2.23. The predicted octanol–water partition coefficient (Wildman–Crippen LogP) is 4.03. The lowest BCUT2D eigenvalue weighted by Gasteiger charge is -2.24. The molecule has 0 amide bonds. The Balaban J connectivity index is 3.16. The van der Waals surface area contributed by atoms with Gasteiger partial charge in [0, 0.05) is 0 Å². The highest BCUT2D eigenvalue weighted by molar-refractivity contribution is 5.47. The second-order valence-electron chi connectivity index (χ2n) is 6.29. The third-order valence-corrected chi connectivity index (χ3v) is 2.38. The van der Waals surface area contributed by atoms with Gasteiger partial charge in [-0.3, -0.25) is 0 Å². The molecule has 0 N–H and O–H groups in total. The molecule has 0 atom stereocenters. The molecule has 1 rings (SSSR count). The summed E-state index contributed by atoms with van der Waals surface area (Å²) in [5.41, 5.74) is 1.52. The molecule has 0 saturated heterocycles. The quantitative estimate of drug-likeness (QED) is 0.731. The Kier molecular flexibility index (Phi) is 3.52. The van der Waals surface area contributed by atoms with E-state index in [9.17, 15) is 5.26 Å². The van der Waals surface area contributed by atoms with Crippen LogP contribution in [0.25, 0.3) is 0 Å². The van der Waals surface area contributed by atoms with Crippen LogP contribution in [0.4, 0.5) is 0 Å². The zero-order chi connectivity index (χ0) is 13.3. The Labute approximate surface area is 104 Å². The zero-order valence-corrected chi connectivity index (χ0v) is 11.6. The van der Waals surface area contributed by atoms with Gasteiger partial charge in [0.2, 0.25) is 0 Å². The number of hydrogen-bond donors (Lipinski definition) is 0. The van der Waals surface area contributed by atoms with E-state index in [4.69, 9.17) is 4.74 Å². The van der Waals surface area contributed by atoms with E-state index >= 15 is 0 Å². The number of nitrogens with zero attached hydrogens (tertiary/aromatic N) is 1. The van der Waals surface area contributed by atoms with Gasteiger partial charge in [-0.2, -0.15) is 5.26 Å². The van der Waals surface area contributed by atoms with Crippen molar-refractivity contribution in [2.45, 2.75) is 52.6 Å². The Morgan fingerprint density at radius 3 is 2.06 bits per heavy atom. The number of nitriles is 1. The predicted molar refractivity (Wildman–Crippen MR) is 70.2 cm³/mol. The fourth-order valence-corrected chi connectivity index (χ4v) is 1.50. The molecule has 0 aliphatic carbocycles. The number of benzene rings is 1. The molecule has 2 nitrogen and oxygen atoms in total. The summed E-state index contributed by atoms with van der Waals surface area (Å²) in [4.78, 5) is 0. The molecular formula is C15H21NO. The molecule has 0 spiro atoms. The largest absolute Gasteiger partial charge is 0.487 e. The van der Waals surface area contributed by atoms with Crippen molar-refractivity contribution in [1.82, 2.24) is 0 Å². The summed E-state index contributed by atoms with van der Waals surface area (Å²) in [7, 11) is 0. The maximum Gasteiger partial charge on any atom is 0.137 e. The molecule has 0 unspecified atom stereocenters. The smallest absolute Gasteiger partial charge is 0.137 e. The third kappa shape index (κ3) is 3.78. The highest BCUT2D eigenvalue weighted by Crippen LogP contribution is 2.29. The summed E-state index contributed by atoms with van der Waals surface area (Å²) in [6, 6.07) is 8.05. The molecule has 2 heteroatoms. The minimum atomic E-state index is -0.283. The van der Waals surface area contributed by atoms with Crippen molar-refractivity contribution in [3.63, 3.8) is 0 Å². The van der Waals surface area contributed by atoms with Gasteiger partial charge in [0.15, 0.2) is 0 Å². The maximum absolute atomic E-state index is 9.18. The maximum atomic E-state index is 9.18. The highest BCUT2D eigenvalue weighted by Gasteiger charge is 2.18. The van der Waals surface area contributed by atoms with Crippen LogP contribution in [0.15, 0.2) is 18.2 Å². The lowest BCUT2D eigenvalue weighted by molar-refractivity contribution is 0.130. The van der Waals surface area contributed by atoms with Crippen molar-refractivity contribution in [3.05, 3.63) is 29.3 Å². The van der Waals surface area contributed by atoms with E-state index in [-0.39, 0.29) is 11.0 Å². The summed E-state index contributed by atoms with van der Waals surface area (Å²) in [6.45, 7) is 12.3. The van der Waals surface area contributed by atoms with Gasteiger partial charge in [-0.25, -0.2) is 0 Å². The summed E-state index contributed by atoms with van der Waals surface area (Å²) in [5, 5.41) is 9.18. The van der Waals surface area contributed by atoms with E-state index in [1.165, 1.54) is 0 Å². The highest BCUT2D eigenvalue weighted by atomic mass is 16.5. The molecule has 0 fully saturated rings. The molecule has 1 aromatic carbocycles. The molecule has 0 heterocycles. The number of ether oxygens (including phenoxy) is 1. The Hall–Kier alpha value is -1.49. The van der Waals surface area contributed by atoms with Crippen molar-refractivity contribution in [2.75, 3.05) is 0 Å². The van der Waals surface area contributed by atoms with Crippen LogP contribution in [-0.2, 0) is 5.41 Å². The van der Waals surface area contributed by atoms with E-state index in [1.807, 2.05) is 39.0 Å². The second kappa shape index (κ2) is 4.41. The van der Waals surface area contributed by atoms with Crippen LogP contribution in [-0.4, -0.2) is 5.60 Å². The van der Waals surface area contributed by atoms with E-state index in [1.54, 1.807) is 0 Å². The first kappa shape index (κ1) is 13.6. The van der Waals surface area contributed by atoms with Crippen LogP contribution in [0.1, 0.15) is 52.7 Å². The van der Waals surface area contributed by atoms with Gasteiger partial charge in [0.1, 0.15) is 17.4 Å². The molecule has 17 heavy (non-hydrogen) atoms. The van der Waals surface area contributed by atoms with E-state index in [2.05, 4.69) is 26.8 Å². The van der Waals surface area contributed by atoms with E-state index in [0.29, 0.717) is 11.3 Å².